The first-order chi connectivity index (χ1) is 7.65. The van der Waals surface area contributed by atoms with Gasteiger partial charge in [-0.05, 0) is 36.8 Å². The number of rotatable bonds is 2. The highest BCUT2D eigenvalue weighted by molar-refractivity contribution is 9.10. The number of anilines is 1. The van der Waals surface area contributed by atoms with Crippen molar-refractivity contribution in [2.45, 2.75) is 16.8 Å². The smallest absolute Gasteiger partial charge is 0.103 e. The largest absolute Gasteiger partial charge is 0.398 e. The average Bonchev–Trinajstić information content (AvgIpc) is 2.24. The molecule has 1 aromatic carbocycles. The van der Waals surface area contributed by atoms with Crippen molar-refractivity contribution in [1.29, 1.82) is 0 Å². The van der Waals surface area contributed by atoms with E-state index in [0.29, 0.717) is 0 Å². The van der Waals surface area contributed by atoms with Crippen LogP contribution in [-0.4, -0.2) is 4.98 Å². The Balaban J connectivity index is 2.24. The summed E-state index contributed by atoms with van der Waals surface area (Å²) in [6, 6.07) is 10.0. The third-order valence-corrected chi connectivity index (χ3v) is 3.55. The molecule has 2 N–H and O–H groups in total. The molecule has 0 bridgehead atoms. The zero-order valence-corrected chi connectivity index (χ0v) is 11.2. The summed E-state index contributed by atoms with van der Waals surface area (Å²) in [4.78, 5) is 5.48. The Morgan fingerprint density at radius 1 is 1.31 bits per heavy atom. The molecule has 0 fully saturated rings. The van der Waals surface area contributed by atoms with E-state index in [4.69, 9.17) is 5.73 Å². The second-order valence-corrected chi connectivity index (χ2v) is 5.45. The lowest BCUT2D eigenvalue weighted by atomic mass is 10.3. The van der Waals surface area contributed by atoms with Gasteiger partial charge >= 0.3 is 0 Å². The minimum Gasteiger partial charge on any atom is -0.398 e. The van der Waals surface area contributed by atoms with E-state index in [9.17, 15) is 0 Å². The molecule has 0 saturated carbocycles. The molecule has 2 aromatic rings. The van der Waals surface area contributed by atoms with Crippen LogP contribution in [0, 0.1) is 6.92 Å². The molecule has 0 atom stereocenters. The Morgan fingerprint density at radius 2 is 2.12 bits per heavy atom. The van der Waals surface area contributed by atoms with E-state index >= 15 is 0 Å². The first kappa shape index (κ1) is 11.5. The number of benzene rings is 1. The lowest BCUT2D eigenvalue weighted by molar-refractivity contribution is 1.11. The van der Waals surface area contributed by atoms with E-state index < -0.39 is 0 Å². The molecule has 2 nitrogen and oxygen atoms in total. The van der Waals surface area contributed by atoms with E-state index in [1.165, 1.54) is 0 Å². The molecule has 0 spiro atoms. The topological polar surface area (TPSA) is 38.9 Å². The van der Waals surface area contributed by atoms with Crippen molar-refractivity contribution in [2.24, 2.45) is 0 Å². The van der Waals surface area contributed by atoms with Gasteiger partial charge in [0.05, 0.1) is 0 Å². The fraction of sp³-hybridized carbons (Fsp3) is 0.0833. The van der Waals surface area contributed by atoms with Gasteiger partial charge in [-0.15, -0.1) is 0 Å². The fourth-order valence-corrected chi connectivity index (χ4v) is 2.64. The molecule has 1 aromatic heterocycles. The van der Waals surface area contributed by atoms with Gasteiger partial charge < -0.3 is 5.73 Å². The summed E-state index contributed by atoms with van der Waals surface area (Å²) in [5.74, 6) is 0. The molecule has 0 amide bonds. The first-order valence-corrected chi connectivity index (χ1v) is 6.41. The molecule has 82 valence electrons. The zero-order valence-electron chi connectivity index (χ0n) is 8.77. The van der Waals surface area contributed by atoms with Gasteiger partial charge in [-0.1, -0.05) is 33.8 Å². The average molecular weight is 295 g/mol. The van der Waals surface area contributed by atoms with E-state index in [2.05, 4.69) is 27.0 Å². The Labute approximate surface area is 107 Å². The standard InChI is InChI=1S/C12H11BrN2S/c1-8-7-15-12(6-11(8)14)16-10-4-2-3-9(13)5-10/h2-7H,1H3,(H2,14,15). The third-order valence-electron chi connectivity index (χ3n) is 2.14. The molecule has 0 unspecified atom stereocenters. The van der Waals surface area contributed by atoms with Crippen LogP contribution in [0.1, 0.15) is 5.56 Å². The van der Waals surface area contributed by atoms with Gasteiger partial charge in [-0.3, -0.25) is 0 Å². The van der Waals surface area contributed by atoms with Crippen LogP contribution in [-0.2, 0) is 0 Å². The molecule has 0 aliphatic rings. The minimum atomic E-state index is 0.785. The van der Waals surface area contributed by atoms with Crippen molar-refractivity contribution in [2.75, 3.05) is 5.73 Å². The van der Waals surface area contributed by atoms with Crippen LogP contribution >= 0.6 is 27.7 Å². The van der Waals surface area contributed by atoms with Crippen molar-refractivity contribution >= 4 is 33.4 Å². The Morgan fingerprint density at radius 3 is 2.81 bits per heavy atom. The number of hydrogen-bond donors (Lipinski definition) is 1. The maximum Gasteiger partial charge on any atom is 0.103 e. The third kappa shape index (κ3) is 2.77. The Bertz CT molecular complexity index is 514. The summed E-state index contributed by atoms with van der Waals surface area (Å²) < 4.78 is 1.07. The van der Waals surface area contributed by atoms with Gasteiger partial charge in [-0.25, -0.2) is 4.98 Å². The quantitative estimate of drug-likeness (QED) is 0.913. The van der Waals surface area contributed by atoms with Gasteiger partial charge in [0.2, 0.25) is 0 Å². The van der Waals surface area contributed by atoms with Gasteiger partial charge in [-0.2, -0.15) is 0 Å². The summed E-state index contributed by atoms with van der Waals surface area (Å²) in [7, 11) is 0. The highest BCUT2D eigenvalue weighted by atomic mass is 79.9. The highest BCUT2D eigenvalue weighted by Crippen LogP contribution is 2.29. The number of nitrogens with two attached hydrogens (primary N) is 1. The molecule has 4 heteroatoms. The lowest BCUT2D eigenvalue weighted by Crippen LogP contribution is -1.91. The number of aromatic nitrogens is 1. The van der Waals surface area contributed by atoms with Crippen molar-refractivity contribution in [3.05, 3.63) is 46.6 Å². The first-order valence-electron chi connectivity index (χ1n) is 4.81. The van der Waals surface area contributed by atoms with Crippen LogP contribution in [0.15, 0.2) is 50.9 Å². The minimum absolute atomic E-state index is 0.785. The van der Waals surface area contributed by atoms with Crippen LogP contribution in [0.4, 0.5) is 5.69 Å². The number of halogens is 1. The van der Waals surface area contributed by atoms with Crippen molar-refractivity contribution < 1.29 is 0 Å². The summed E-state index contributed by atoms with van der Waals surface area (Å²) in [6.45, 7) is 1.95. The predicted octanol–water partition coefficient (Wildman–Crippen LogP) is 3.89. The van der Waals surface area contributed by atoms with Gasteiger partial charge in [0.15, 0.2) is 0 Å². The predicted molar refractivity (Wildman–Crippen MR) is 71.7 cm³/mol. The zero-order chi connectivity index (χ0) is 11.5. The molecular weight excluding hydrogens is 284 g/mol. The number of nitrogens with zero attached hydrogens (tertiary/aromatic N) is 1. The summed E-state index contributed by atoms with van der Waals surface area (Å²) in [6.07, 6.45) is 1.80. The monoisotopic (exact) mass is 294 g/mol. The highest BCUT2D eigenvalue weighted by Gasteiger charge is 2.01. The fourth-order valence-electron chi connectivity index (χ4n) is 1.23. The second-order valence-electron chi connectivity index (χ2n) is 3.44. The maximum absolute atomic E-state index is 5.84. The van der Waals surface area contributed by atoms with Crippen molar-refractivity contribution in [3.8, 4) is 0 Å². The van der Waals surface area contributed by atoms with E-state index in [0.717, 1.165) is 25.6 Å². The molecule has 0 radical (unpaired) electrons. The van der Waals surface area contributed by atoms with E-state index in [-0.39, 0.29) is 0 Å². The van der Waals surface area contributed by atoms with Gasteiger partial charge in [0.25, 0.3) is 0 Å². The normalized spacial score (nSPS) is 10.4. The van der Waals surface area contributed by atoms with E-state index in [1.807, 2.05) is 31.2 Å². The Hall–Kier alpha value is -1.00. The molecule has 2 rings (SSSR count). The number of hydrogen-bond acceptors (Lipinski definition) is 3. The van der Waals surface area contributed by atoms with Gasteiger partial charge in [0, 0.05) is 21.3 Å². The molecule has 0 saturated heterocycles. The number of pyridine rings is 1. The van der Waals surface area contributed by atoms with Crippen LogP contribution in [0.2, 0.25) is 0 Å². The SMILES string of the molecule is Cc1cnc(Sc2cccc(Br)c2)cc1N. The van der Waals surface area contributed by atoms with Gasteiger partial charge in [0.1, 0.15) is 5.03 Å². The number of aryl methyl sites for hydroxylation is 1. The second kappa shape index (κ2) is 4.89. The molecule has 16 heavy (non-hydrogen) atoms. The van der Waals surface area contributed by atoms with Crippen LogP contribution in [0.5, 0.6) is 0 Å². The summed E-state index contributed by atoms with van der Waals surface area (Å²) >= 11 is 5.05. The van der Waals surface area contributed by atoms with Crippen molar-refractivity contribution in [1.82, 2.24) is 4.98 Å². The summed E-state index contributed by atoms with van der Waals surface area (Å²) in [5.41, 5.74) is 7.64. The lowest BCUT2D eigenvalue weighted by Gasteiger charge is -2.04. The van der Waals surface area contributed by atoms with Crippen molar-refractivity contribution in [3.63, 3.8) is 0 Å². The molecule has 1 heterocycles. The van der Waals surface area contributed by atoms with Crippen LogP contribution in [0.25, 0.3) is 0 Å². The van der Waals surface area contributed by atoms with Crippen LogP contribution < -0.4 is 5.73 Å². The Kier molecular flexibility index (Phi) is 3.51. The maximum atomic E-state index is 5.84. The molecule has 0 aliphatic carbocycles. The summed E-state index contributed by atoms with van der Waals surface area (Å²) in [5, 5.41) is 0.918. The molecule has 0 aliphatic heterocycles. The number of nitrogen functional groups attached to an aromatic ring is 1. The van der Waals surface area contributed by atoms with Crippen LogP contribution in [0.3, 0.4) is 0 Å². The molecular formula is C12H11BrN2S. The van der Waals surface area contributed by atoms with E-state index in [1.54, 1.807) is 18.0 Å².